The SMILES string of the molecule is C=C[C@@H](c1c(F)ccc(Cl)c1Cl)N1CCNCC1. The molecule has 1 aromatic carbocycles. The third kappa shape index (κ3) is 2.69. The fraction of sp³-hybridized carbons (Fsp3) is 0.385. The monoisotopic (exact) mass is 288 g/mol. The van der Waals surface area contributed by atoms with E-state index in [0.717, 1.165) is 26.2 Å². The Morgan fingerprint density at radius 3 is 2.61 bits per heavy atom. The van der Waals surface area contributed by atoms with Crippen molar-refractivity contribution in [1.82, 2.24) is 10.2 Å². The Morgan fingerprint density at radius 2 is 2.00 bits per heavy atom. The minimum atomic E-state index is -0.340. The van der Waals surface area contributed by atoms with Crippen molar-refractivity contribution in [2.45, 2.75) is 6.04 Å². The standard InChI is InChI=1S/C13H15Cl2FN2/c1-2-11(18-7-5-17-6-8-18)12-10(16)4-3-9(14)13(12)15/h2-4,11,17H,1,5-8H2/t11-/m0/s1. The Hall–Kier alpha value is -0.610. The predicted molar refractivity (Wildman–Crippen MR) is 73.8 cm³/mol. The van der Waals surface area contributed by atoms with E-state index < -0.39 is 0 Å². The molecule has 0 radical (unpaired) electrons. The van der Waals surface area contributed by atoms with Gasteiger partial charge in [-0.2, -0.15) is 0 Å². The van der Waals surface area contributed by atoms with Gasteiger partial charge >= 0.3 is 0 Å². The van der Waals surface area contributed by atoms with E-state index >= 15 is 0 Å². The molecule has 1 atom stereocenters. The molecule has 1 heterocycles. The average molecular weight is 289 g/mol. The van der Waals surface area contributed by atoms with E-state index in [4.69, 9.17) is 23.2 Å². The zero-order valence-corrected chi connectivity index (χ0v) is 11.4. The molecule has 0 aliphatic carbocycles. The molecular formula is C13H15Cl2FN2. The average Bonchev–Trinajstić information content (AvgIpc) is 2.40. The number of nitrogens with zero attached hydrogens (tertiary/aromatic N) is 1. The maximum Gasteiger partial charge on any atom is 0.129 e. The molecule has 2 nitrogen and oxygen atoms in total. The number of benzene rings is 1. The molecule has 1 aliphatic rings. The van der Waals surface area contributed by atoms with Crippen molar-refractivity contribution in [3.05, 3.63) is 46.2 Å². The number of nitrogens with one attached hydrogen (secondary N) is 1. The van der Waals surface area contributed by atoms with E-state index in [1.807, 2.05) is 0 Å². The summed E-state index contributed by atoms with van der Waals surface area (Å²) >= 11 is 12.1. The minimum Gasteiger partial charge on any atom is -0.314 e. The van der Waals surface area contributed by atoms with Gasteiger partial charge in [0, 0.05) is 31.7 Å². The summed E-state index contributed by atoms with van der Waals surface area (Å²) in [5.41, 5.74) is 0.418. The van der Waals surface area contributed by atoms with Crippen molar-refractivity contribution in [2.24, 2.45) is 0 Å². The highest BCUT2D eigenvalue weighted by Crippen LogP contribution is 2.35. The van der Waals surface area contributed by atoms with Crippen molar-refractivity contribution in [1.29, 1.82) is 0 Å². The van der Waals surface area contributed by atoms with E-state index in [9.17, 15) is 4.39 Å². The fourth-order valence-electron chi connectivity index (χ4n) is 2.22. The van der Waals surface area contributed by atoms with E-state index in [0.29, 0.717) is 10.6 Å². The molecule has 0 bridgehead atoms. The highest BCUT2D eigenvalue weighted by Gasteiger charge is 2.25. The smallest absolute Gasteiger partial charge is 0.129 e. The van der Waals surface area contributed by atoms with Crippen LogP contribution in [0.5, 0.6) is 0 Å². The van der Waals surface area contributed by atoms with Gasteiger partial charge in [-0.25, -0.2) is 4.39 Å². The van der Waals surface area contributed by atoms with Gasteiger partial charge in [0.2, 0.25) is 0 Å². The minimum absolute atomic E-state index is 0.238. The molecule has 1 saturated heterocycles. The number of piperazine rings is 1. The summed E-state index contributed by atoms with van der Waals surface area (Å²) in [6.07, 6.45) is 1.71. The Kier molecular flexibility index (Phi) is 4.62. The summed E-state index contributed by atoms with van der Waals surface area (Å²) < 4.78 is 14.0. The third-order valence-electron chi connectivity index (χ3n) is 3.14. The Bertz CT molecular complexity index is 445. The molecule has 0 spiro atoms. The highest BCUT2D eigenvalue weighted by molar-refractivity contribution is 6.42. The van der Waals surface area contributed by atoms with Crippen LogP contribution in [0.15, 0.2) is 24.8 Å². The van der Waals surface area contributed by atoms with Crippen molar-refractivity contribution < 1.29 is 4.39 Å². The molecule has 1 fully saturated rings. The summed E-state index contributed by atoms with van der Waals surface area (Å²) in [5, 5.41) is 3.91. The second-order valence-corrected chi connectivity index (χ2v) is 5.01. The van der Waals surface area contributed by atoms with Crippen LogP contribution >= 0.6 is 23.2 Å². The topological polar surface area (TPSA) is 15.3 Å². The lowest BCUT2D eigenvalue weighted by Gasteiger charge is -2.34. The first-order chi connectivity index (χ1) is 8.65. The van der Waals surface area contributed by atoms with Crippen molar-refractivity contribution >= 4 is 23.2 Å². The van der Waals surface area contributed by atoms with E-state index in [1.165, 1.54) is 12.1 Å². The number of hydrogen-bond donors (Lipinski definition) is 1. The fourth-order valence-corrected chi connectivity index (χ4v) is 2.65. The van der Waals surface area contributed by atoms with Crippen LogP contribution in [-0.2, 0) is 0 Å². The second-order valence-electron chi connectivity index (χ2n) is 4.22. The molecule has 0 saturated carbocycles. The first kappa shape index (κ1) is 13.8. The molecule has 1 aromatic rings. The lowest BCUT2D eigenvalue weighted by Crippen LogP contribution is -2.44. The summed E-state index contributed by atoms with van der Waals surface area (Å²) in [5.74, 6) is -0.340. The molecular weight excluding hydrogens is 274 g/mol. The summed E-state index contributed by atoms with van der Waals surface area (Å²) in [4.78, 5) is 2.14. The molecule has 18 heavy (non-hydrogen) atoms. The maximum atomic E-state index is 14.0. The van der Waals surface area contributed by atoms with E-state index in [1.54, 1.807) is 6.08 Å². The molecule has 0 unspecified atom stereocenters. The quantitative estimate of drug-likeness (QED) is 0.678. The molecule has 98 valence electrons. The molecule has 5 heteroatoms. The van der Waals surface area contributed by atoms with Gasteiger partial charge < -0.3 is 5.32 Å². The molecule has 1 aliphatic heterocycles. The normalized spacial score (nSPS) is 18.6. The molecule has 0 amide bonds. The number of rotatable bonds is 3. The number of hydrogen-bond acceptors (Lipinski definition) is 2. The molecule has 0 aromatic heterocycles. The largest absolute Gasteiger partial charge is 0.314 e. The highest BCUT2D eigenvalue weighted by atomic mass is 35.5. The van der Waals surface area contributed by atoms with Crippen LogP contribution in [0.1, 0.15) is 11.6 Å². The van der Waals surface area contributed by atoms with Crippen molar-refractivity contribution in [3.63, 3.8) is 0 Å². The summed E-state index contributed by atoms with van der Waals surface area (Å²) in [6, 6.07) is 2.58. The van der Waals surface area contributed by atoms with Crippen LogP contribution in [0.4, 0.5) is 4.39 Å². The molecule has 2 rings (SSSR count). The van der Waals surface area contributed by atoms with Gasteiger partial charge in [-0.1, -0.05) is 29.3 Å². The van der Waals surface area contributed by atoms with Crippen LogP contribution in [-0.4, -0.2) is 31.1 Å². The van der Waals surface area contributed by atoms with Gasteiger partial charge in [0.1, 0.15) is 5.82 Å². The summed E-state index contributed by atoms with van der Waals surface area (Å²) in [6.45, 7) is 7.22. The van der Waals surface area contributed by atoms with Crippen LogP contribution in [0.25, 0.3) is 0 Å². The maximum absolute atomic E-state index is 14.0. The van der Waals surface area contributed by atoms with Gasteiger partial charge in [0.15, 0.2) is 0 Å². The lowest BCUT2D eigenvalue weighted by atomic mass is 10.0. The molecule has 1 N–H and O–H groups in total. The summed E-state index contributed by atoms with van der Waals surface area (Å²) in [7, 11) is 0. The van der Waals surface area contributed by atoms with Crippen LogP contribution in [0.3, 0.4) is 0 Å². The zero-order valence-electron chi connectivity index (χ0n) is 9.93. The van der Waals surface area contributed by atoms with Crippen LogP contribution in [0, 0.1) is 5.82 Å². The van der Waals surface area contributed by atoms with Gasteiger partial charge in [-0.3, -0.25) is 4.90 Å². The van der Waals surface area contributed by atoms with Gasteiger partial charge in [0.05, 0.1) is 16.1 Å². The van der Waals surface area contributed by atoms with Gasteiger partial charge in [0.25, 0.3) is 0 Å². The third-order valence-corrected chi connectivity index (χ3v) is 3.96. The van der Waals surface area contributed by atoms with E-state index in [-0.39, 0.29) is 16.9 Å². The second kappa shape index (κ2) is 6.02. The lowest BCUT2D eigenvalue weighted by molar-refractivity contribution is 0.200. The van der Waals surface area contributed by atoms with Crippen molar-refractivity contribution in [3.8, 4) is 0 Å². The van der Waals surface area contributed by atoms with Gasteiger partial charge in [-0.05, 0) is 12.1 Å². The van der Waals surface area contributed by atoms with Crippen LogP contribution in [0.2, 0.25) is 10.0 Å². The van der Waals surface area contributed by atoms with Crippen LogP contribution < -0.4 is 5.32 Å². The first-order valence-electron chi connectivity index (χ1n) is 5.86. The number of halogens is 3. The van der Waals surface area contributed by atoms with Crippen molar-refractivity contribution in [2.75, 3.05) is 26.2 Å². The Balaban J connectivity index is 2.37. The first-order valence-corrected chi connectivity index (χ1v) is 6.61. The Labute approximate surface area is 116 Å². The predicted octanol–water partition coefficient (Wildman–Crippen LogP) is 3.26. The van der Waals surface area contributed by atoms with Gasteiger partial charge in [-0.15, -0.1) is 6.58 Å². The zero-order chi connectivity index (χ0) is 13.1. The Morgan fingerprint density at radius 1 is 1.33 bits per heavy atom. The van der Waals surface area contributed by atoms with E-state index in [2.05, 4.69) is 16.8 Å².